The van der Waals surface area contributed by atoms with Gasteiger partial charge in [0.15, 0.2) is 0 Å². The number of nitrogens with zero attached hydrogens (tertiary/aromatic N) is 2. The van der Waals surface area contributed by atoms with Gasteiger partial charge in [0.25, 0.3) is 5.91 Å². The van der Waals surface area contributed by atoms with Crippen molar-refractivity contribution in [3.63, 3.8) is 0 Å². The number of hydrogen-bond acceptors (Lipinski definition) is 4. The molecule has 1 N–H and O–H groups in total. The van der Waals surface area contributed by atoms with Crippen LogP contribution in [0.4, 0.5) is 20.2 Å². The summed E-state index contributed by atoms with van der Waals surface area (Å²) >= 11 is 0. The van der Waals surface area contributed by atoms with Gasteiger partial charge >= 0.3 is 6.61 Å². The van der Waals surface area contributed by atoms with E-state index in [0.717, 1.165) is 11.3 Å². The number of carbonyl (C=O) groups excluding carboxylic acids is 1. The number of alkyl halides is 2. The lowest BCUT2D eigenvalue weighted by Crippen LogP contribution is -2.48. The molecular formula is C25H25F2N3O2. The van der Waals surface area contributed by atoms with Crippen molar-refractivity contribution < 1.29 is 18.3 Å². The molecule has 0 aromatic heterocycles. The number of benzene rings is 3. The number of rotatable bonds is 7. The Hall–Kier alpha value is -3.61. The maximum absolute atomic E-state index is 12.9. The summed E-state index contributed by atoms with van der Waals surface area (Å²) in [5, 5.41) is 3.21. The molecule has 1 aliphatic heterocycles. The summed E-state index contributed by atoms with van der Waals surface area (Å²) < 4.78 is 30.5. The van der Waals surface area contributed by atoms with Crippen LogP contribution in [-0.2, 0) is 6.54 Å². The minimum Gasteiger partial charge on any atom is -0.433 e. The summed E-state index contributed by atoms with van der Waals surface area (Å²) in [6.07, 6.45) is 0. The molecule has 32 heavy (non-hydrogen) atoms. The molecule has 166 valence electrons. The third kappa shape index (κ3) is 5.35. The van der Waals surface area contributed by atoms with Crippen LogP contribution in [0.1, 0.15) is 15.9 Å². The molecule has 7 heteroatoms. The summed E-state index contributed by atoms with van der Waals surface area (Å²) in [5.41, 5.74) is 3.12. The van der Waals surface area contributed by atoms with Crippen LogP contribution in [0, 0.1) is 0 Å². The lowest BCUT2D eigenvalue weighted by Gasteiger charge is -2.36. The molecule has 0 aliphatic carbocycles. The zero-order valence-electron chi connectivity index (χ0n) is 17.6. The van der Waals surface area contributed by atoms with Gasteiger partial charge in [-0.3, -0.25) is 4.79 Å². The number of halogens is 2. The van der Waals surface area contributed by atoms with Gasteiger partial charge in [0, 0.05) is 44.0 Å². The minimum absolute atomic E-state index is 0.0242. The molecule has 1 heterocycles. The van der Waals surface area contributed by atoms with Crippen LogP contribution < -0.4 is 15.0 Å². The fourth-order valence-corrected chi connectivity index (χ4v) is 3.78. The van der Waals surface area contributed by atoms with Crippen LogP contribution in [0.5, 0.6) is 5.75 Å². The van der Waals surface area contributed by atoms with Crippen LogP contribution in [0.15, 0.2) is 78.9 Å². The largest absolute Gasteiger partial charge is 0.433 e. The molecule has 0 saturated carbocycles. The molecule has 4 rings (SSSR count). The highest BCUT2D eigenvalue weighted by molar-refractivity contribution is 5.94. The van der Waals surface area contributed by atoms with Crippen molar-refractivity contribution in [1.82, 2.24) is 4.90 Å². The van der Waals surface area contributed by atoms with Gasteiger partial charge in [-0.15, -0.1) is 0 Å². The molecule has 0 radical (unpaired) electrons. The first-order valence-electron chi connectivity index (χ1n) is 10.6. The van der Waals surface area contributed by atoms with E-state index in [0.29, 0.717) is 44.0 Å². The normalized spacial score (nSPS) is 13.8. The van der Waals surface area contributed by atoms with Crippen LogP contribution in [0.3, 0.4) is 0 Å². The third-order valence-electron chi connectivity index (χ3n) is 5.46. The quantitative estimate of drug-likeness (QED) is 0.573. The fraction of sp³-hybridized carbons (Fsp3) is 0.240. The zero-order chi connectivity index (χ0) is 22.3. The molecular weight excluding hydrogens is 412 g/mol. The van der Waals surface area contributed by atoms with Gasteiger partial charge in [-0.05, 0) is 35.9 Å². The van der Waals surface area contributed by atoms with Gasteiger partial charge in [-0.1, -0.05) is 48.5 Å². The lowest BCUT2D eigenvalue weighted by atomic mass is 10.1. The Morgan fingerprint density at radius 1 is 0.906 bits per heavy atom. The predicted molar refractivity (Wildman–Crippen MR) is 121 cm³/mol. The summed E-state index contributed by atoms with van der Waals surface area (Å²) in [4.78, 5) is 16.7. The van der Waals surface area contributed by atoms with Gasteiger partial charge in [0.05, 0.1) is 5.69 Å². The Balaban J connectivity index is 1.44. The molecule has 1 aliphatic rings. The van der Waals surface area contributed by atoms with Crippen molar-refractivity contribution in [3.8, 4) is 5.75 Å². The molecule has 0 spiro atoms. The van der Waals surface area contributed by atoms with Crippen molar-refractivity contribution in [2.75, 3.05) is 36.4 Å². The van der Waals surface area contributed by atoms with Crippen molar-refractivity contribution in [3.05, 3.63) is 90.0 Å². The highest BCUT2D eigenvalue weighted by Crippen LogP contribution is 2.32. The number of piperazine rings is 1. The maximum atomic E-state index is 12.9. The lowest BCUT2D eigenvalue weighted by molar-refractivity contribution is -0.0493. The van der Waals surface area contributed by atoms with E-state index in [-0.39, 0.29) is 11.7 Å². The fourth-order valence-electron chi connectivity index (χ4n) is 3.78. The SMILES string of the molecule is O=C(c1ccccc1)N1CCN(c2ccc(OC(F)F)c(NCc3ccccc3)c2)CC1. The van der Waals surface area contributed by atoms with Crippen LogP contribution >= 0.6 is 0 Å². The van der Waals surface area contributed by atoms with E-state index in [9.17, 15) is 13.6 Å². The maximum Gasteiger partial charge on any atom is 0.387 e. The number of hydrogen-bond donors (Lipinski definition) is 1. The molecule has 3 aromatic rings. The Bertz CT molecular complexity index is 1020. The van der Waals surface area contributed by atoms with E-state index in [1.54, 1.807) is 12.1 Å². The summed E-state index contributed by atoms with van der Waals surface area (Å²) in [7, 11) is 0. The first-order valence-corrected chi connectivity index (χ1v) is 10.6. The topological polar surface area (TPSA) is 44.8 Å². The molecule has 1 fully saturated rings. The Labute approximate surface area is 186 Å². The van der Waals surface area contributed by atoms with Crippen LogP contribution in [-0.4, -0.2) is 43.6 Å². The third-order valence-corrected chi connectivity index (χ3v) is 5.46. The standard InChI is InChI=1S/C25H25F2N3O2/c26-25(27)32-23-12-11-21(17-22(23)28-18-19-7-3-1-4-8-19)29-13-15-30(16-14-29)24(31)20-9-5-2-6-10-20/h1-12,17,25,28H,13-16,18H2. The average Bonchev–Trinajstić information content (AvgIpc) is 2.84. The van der Waals surface area contributed by atoms with Gasteiger partial charge in [-0.25, -0.2) is 0 Å². The first kappa shape index (κ1) is 21.6. The molecule has 0 unspecified atom stereocenters. The van der Waals surface area contributed by atoms with Gasteiger partial charge in [0.1, 0.15) is 5.75 Å². The van der Waals surface area contributed by atoms with Crippen LogP contribution in [0.25, 0.3) is 0 Å². The van der Waals surface area contributed by atoms with Crippen molar-refractivity contribution in [2.24, 2.45) is 0 Å². The van der Waals surface area contributed by atoms with E-state index in [1.807, 2.05) is 71.6 Å². The van der Waals surface area contributed by atoms with E-state index in [4.69, 9.17) is 4.74 Å². The van der Waals surface area contributed by atoms with E-state index in [1.165, 1.54) is 0 Å². The Morgan fingerprint density at radius 2 is 1.56 bits per heavy atom. The van der Waals surface area contributed by atoms with Gasteiger partial charge in [0.2, 0.25) is 0 Å². The second kappa shape index (κ2) is 10.1. The number of amides is 1. The summed E-state index contributed by atoms with van der Waals surface area (Å²) in [6, 6.07) is 24.1. The molecule has 1 amide bonds. The molecule has 3 aromatic carbocycles. The van der Waals surface area contributed by atoms with Crippen molar-refractivity contribution in [1.29, 1.82) is 0 Å². The number of carbonyl (C=O) groups is 1. The highest BCUT2D eigenvalue weighted by Gasteiger charge is 2.23. The number of ether oxygens (including phenoxy) is 1. The highest BCUT2D eigenvalue weighted by atomic mass is 19.3. The molecule has 0 atom stereocenters. The smallest absolute Gasteiger partial charge is 0.387 e. The van der Waals surface area contributed by atoms with E-state index >= 15 is 0 Å². The van der Waals surface area contributed by atoms with E-state index < -0.39 is 6.61 Å². The predicted octanol–water partition coefficient (Wildman–Crippen LogP) is 4.86. The second-order valence-electron chi connectivity index (χ2n) is 7.54. The van der Waals surface area contributed by atoms with Gasteiger partial charge in [-0.2, -0.15) is 8.78 Å². The average molecular weight is 437 g/mol. The monoisotopic (exact) mass is 437 g/mol. The first-order chi connectivity index (χ1) is 15.6. The van der Waals surface area contributed by atoms with Crippen molar-refractivity contribution in [2.45, 2.75) is 13.2 Å². The second-order valence-corrected chi connectivity index (χ2v) is 7.54. The Kier molecular flexibility index (Phi) is 6.84. The van der Waals surface area contributed by atoms with Crippen molar-refractivity contribution >= 4 is 17.3 Å². The number of anilines is 2. The summed E-state index contributed by atoms with van der Waals surface area (Å²) in [5.74, 6) is 0.133. The Morgan fingerprint density at radius 3 is 2.22 bits per heavy atom. The zero-order valence-corrected chi connectivity index (χ0v) is 17.6. The van der Waals surface area contributed by atoms with Crippen LogP contribution in [0.2, 0.25) is 0 Å². The summed E-state index contributed by atoms with van der Waals surface area (Å²) in [6.45, 7) is 0.0949. The molecule has 1 saturated heterocycles. The van der Waals surface area contributed by atoms with E-state index in [2.05, 4.69) is 10.2 Å². The number of nitrogens with one attached hydrogen (secondary N) is 1. The molecule has 5 nitrogen and oxygen atoms in total. The van der Waals surface area contributed by atoms with Gasteiger partial charge < -0.3 is 19.9 Å². The molecule has 0 bridgehead atoms. The minimum atomic E-state index is -2.90.